The lowest BCUT2D eigenvalue weighted by Gasteiger charge is -2.06. The summed E-state index contributed by atoms with van der Waals surface area (Å²) in [5.74, 6) is 0. The van der Waals surface area contributed by atoms with Crippen LogP contribution in [0.2, 0.25) is 5.02 Å². The quantitative estimate of drug-likeness (QED) is 0.827. The van der Waals surface area contributed by atoms with Gasteiger partial charge < -0.3 is 5.73 Å². The molecule has 0 aliphatic carbocycles. The van der Waals surface area contributed by atoms with Crippen LogP contribution in [0.25, 0.3) is 0 Å². The highest BCUT2D eigenvalue weighted by molar-refractivity contribution is 7.91. The first-order chi connectivity index (χ1) is 7.03. The van der Waals surface area contributed by atoms with E-state index in [-0.39, 0.29) is 10.7 Å². The van der Waals surface area contributed by atoms with Gasteiger partial charge in [0.15, 0.2) is 29.7 Å². The molecule has 0 aromatic carbocycles. The summed E-state index contributed by atoms with van der Waals surface area (Å²) in [5.41, 5.74) is 5.22. The lowest BCUT2D eigenvalue weighted by Crippen LogP contribution is -2.10. The minimum atomic E-state index is -3.70. The Morgan fingerprint density at radius 3 is 1.94 bits per heavy atom. The zero-order valence-electron chi connectivity index (χ0n) is 8.43. The molecule has 0 amide bonds. The molecule has 0 aliphatic rings. The number of nitrogen functional groups attached to an aromatic ring is 1. The Kier molecular flexibility index (Phi) is 3.19. The number of aromatic nitrogens is 1. The van der Waals surface area contributed by atoms with E-state index in [4.69, 9.17) is 17.3 Å². The highest BCUT2D eigenvalue weighted by Crippen LogP contribution is 2.26. The van der Waals surface area contributed by atoms with Gasteiger partial charge in [-0.2, -0.15) is 0 Å². The molecule has 0 atom stereocenters. The average Bonchev–Trinajstić information content (AvgIpc) is 1.97. The van der Waals surface area contributed by atoms with Crippen molar-refractivity contribution < 1.29 is 16.8 Å². The van der Waals surface area contributed by atoms with Crippen LogP contribution in [0.15, 0.2) is 16.1 Å². The Hall–Kier alpha value is -0.860. The van der Waals surface area contributed by atoms with Crippen LogP contribution >= 0.6 is 11.6 Å². The van der Waals surface area contributed by atoms with Crippen LogP contribution in [0.5, 0.6) is 0 Å². The van der Waals surface area contributed by atoms with E-state index >= 15 is 0 Å². The van der Waals surface area contributed by atoms with Crippen molar-refractivity contribution in [3.05, 3.63) is 11.1 Å². The zero-order valence-corrected chi connectivity index (χ0v) is 10.8. The first-order valence-corrected chi connectivity index (χ1v) is 8.05. The van der Waals surface area contributed by atoms with E-state index in [9.17, 15) is 16.8 Å². The third-order valence-electron chi connectivity index (χ3n) is 1.64. The lowest BCUT2D eigenvalue weighted by molar-refractivity contribution is 0.592. The molecule has 1 aromatic heterocycles. The number of nitrogens with zero attached hydrogens (tertiary/aromatic N) is 1. The lowest BCUT2D eigenvalue weighted by atomic mass is 10.4. The molecule has 6 nitrogen and oxygen atoms in total. The normalized spacial score (nSPS) is 12.7. The fraction of sp³-hybridized carbons (Fsp3) is 0.286. The van der Waals surface area contributed by atoms with E-state index in [1.807, 2.05) is 0 Å². The van der Waals surface area contributed by atoms with Crippen molar-refractivity contribution in [3.8, 4) is 0 Å². The van der Waals surface area contributed by atoms with Gasteiger partial charge in [0.2, 0.25) is 0 Å². The summed E-state index contributed by atoms with van der Waals surface area (Å²) in [4.78, 5) is 3.48. The van der Waals surface area contributed by atoms with E-state index in [0.29, 0.717) is 0 Å². The summed E-state index contributed by atoms with van der Waals surface area (Å²) in [7, 11) is -7.39. The fourth-order valence-corrected chi connectivity index (χ4v) is 3.08. The molecule has 0 fully saturated rings. The maximum atomic E-state index is 11.3. The standard InChI is InChI=1S/C7H9ClN2O4S2/c1-15(11,12)6-4(8)3-5(9)7(10-6)16(2,13)14/h3H,9H2,1-2H3. The van der Waals surface area contributed by atoms with Crippen LogP contribution in [-0.4, -0.2) is 34.3 Å². The van der Waals surface area contributed by atoms with Crippen LogP contribution in [0.3, 0.4) is 0 Å². The van der Waals surface area contributed by atoms with Crippen LogP contribution in [0, 0.1) is 0 Å². The summed E-state index contributed by atoms with van der Waals surface area (Å²) in [6.45, 7) is 0. The smallest absolute Gasteiger partial charge is 0.194 e. The first kappa shape index (κ1) is 13.2. The predicted octanol–water partition coefficient (Wildman–Crippen LogP) is 0.124. The maximum absolute atomic E-state index is 11.3. The second kappa shape index (κ2) is 3.86. The number of sulfone groups is 2. The number of hydrogen-bond donors (Lipinski definition) is 1. The summed E-state index contributed by atoms with van der Waals surface area (Å²) in [6.07, 6.45) is 1.76. The third kappa shape index (κ3) is 2.63. The molecule has 0 aliphatic heterocycles. The van der Waals surface area contributed by atoms with Crippen molar-refractivity contribution in [1.82, 2.24) is 4.98 Å². The molecule has 1 rings (SSSR count). The Labute approximate surface area is 98.3 Å². The minimum absolute atomic E-state index is 0.181. The van der Waals surface area contributed by atoms with Crippen molar-refractivity contribution in [2.24, 2.45) is 0 Å². The monoisotopic (exact) mass is 284 g/mol. The van der Waals surface area contributed by atoms with Gasteiger partial charge in [0.05, 0.1) is 10.7 Å². The van der Waals surface area contributed by atoms with Gasteiger partial charge in [0.25, 0.3) is 0 Å². The van der Waals surface area contributed by atoms with Gasteiger partial charge in [-0.25, -0.2) is 21.8 Å². The average molecular weight is 285 g/mol. The molecule has 2 N–H and O–H groups in total. The molecule has 1 aromatic rings. The zero-order chi connectivity index (χ0) is 12.7. The van der Waals surface area contributed by atoms with Gasteiger partial charge in [-0.1, -0.05) is 11.6 Å². The van der Waals surface area contributed by atoms with Crippen LogP contribution in [0.4, 0.5) is 5.69 Å². The minimum Gasteiger partial charge on any atom is -0.396 e. The number of hydrogen-bond acceptors (Lipinski definition) is 6. The van der Waals surface area contributed by atoms with E-state index in [1.54, 1.807) is 0 Å². The molecule has 0 radical (unpaired) electrons. The van der Waals surface area contributed by atoms with E-state index in [2.05, 4.69) is 4.98 Å². The van der Waals surface area contributed by atoms with Gasteiger partial charge in [-0.3, -0.25) is 0 Å². The van der Waals surface area contributed by atoms with Gasteiger partial charge >= 0.3 is 0 Å². The number of anilines is 1. The van der Waals surface area contributed by atoms with Gasteiger partial charge in [-0.05, 0) is 6.07 Å². The topological polar surface area (TPSA) is 107 Å². The highest BCUT2D eigenvalue weighted by Gasteiger charge is 2.21. The molecule has 0 saturated carbocycles. The predicted molar refractivity (Wildman–Crippen MR) is 59.9 cm³/mol. The summed E-state index contributed by atoms with van der Waals surface area (Å²) >= 11 is 5.62. The molecule has 0 unspecified atom stereocenters. The molecular weight excluding hydrogens is 276 g/mol. The van der Waals surface area contributed by atoms with E-state index < -0.39 is 29.7 Å². The number of pyridine rings is 1. The Morgan fingerprint density at radius 2 is 1.56 bits per heavy atom. The van der Waals surface area contributed by atoms with Crippen molar-refractivity contribution in [2.75, 3.05) is 18.2 Å². The highest BCUT2D eigenvalue weighted by atomic mass is 35.5. The summed E-state index contributed by atoms with van der Waals surface area (Å²) in [5, 5.41) is -1.19. The molecule has 90 valence electrons. The number of halogens is 1. The van der Waals surface area contributed by atoms with E-state index in [0.717, 1.165) is 18.6 Å². The molecule has 16 heavy (non-hydrogen) atoms. The first-order valence-electron chi connectivity index (χ1n) is 3.89. The molecule has 9 heteroatoms. The van der Waals surface area contributed by atoms with Gasteiger partial charge in [-0.15, -0.1) is 0 Å². The third-order valence-corrected chi connectivity index (χ3v) is 4.08. The molecule has 1 heterocycles. The summed E-state index contributed by atoms with van der Waals surface area (Å²) in [6, 6.07) is 1.06. The van der Waals surface area contributed by atoms with Crippen molar-refractivity contribution >= 4 is 37.0 Å². The Morgan fingerprint density at radius 1 is 1.12 bits per heavy atom. The number of nitrogens with two attached hydrogens (primary N) is 1. The number of rotatable bonds is 2. The van der Waals surface area contributed by atoms with Crippen molar-refractivity contribution in [3.63, 3.8) is 0 Å². The van der Waals surface area contributed by atoms with Gasteiger partial charge in [0, 0.05) is 12.5 Å². The second-order valence-electron chi connectivity index (χ2n) is 3.21. The molecule has 0 saturated heterocycles. The van der Waals surface area contributed by atoms with Crippen LogP contribution in [0.1, 0.15) is 0 Å². The van der Waals surface area contributed by atoms with Crippen LogP contribution < -0.4 is 5.73 Å². The van der Waals surface area contributed by atoms with E-state index in [1.165, 1.54) is 0 Å². The maximum Gasteiger partial charge on any atom is 0.194 e. The Balaban J connectivity index is 3.72. The second-order valence-corrected chi connectivity index (χ2v) is 7.48. The van der Waals surface area contributed by atoms with Crippen molar-refractivity contribution in [1.29, 1.82) is 0 Å². The Bertz CT molecular complexity index is 583. The van der Waals surface area contributed by atoms with Crippen LogP contribution in [-0.2, 0) is 19.7 Å². The van der Waals surface area contributed by atoms with Crippen molar-refractivity contribution in [2.45, 2.75) is 10.1 Å². The molecule has 0 spiro atoms. The molecular formula is C7H9ClN2O4S2. The SMILES string of the molecule is CS(=O)(=O)c1nc(S(C)(=O)=O)c(Cl)cc1N. The molecule has 0 bridgehead atoms. The summed E-state index contributed by atoms with van der Waals surface area (Å²) < 4.78 is 45.1. The van der Waals surface area contributed by atoms with Gasteiger partial charge in [0.1, 0.15) is 0 Å². The largest absolute Gasteiger partial charge is 0.396 e. The fourth-order valence-electron chi connectivity index (χ4n) is 1.03.